The Hall–Kier alpha value is -3.37. The van der Waals surface area contributed by atoms with E-state index < -0.39 is 35.4 Å². The number of nitrogens with zero attached hydrogens (tertiary/aromatic N) is 2. The molecule has 1 heterocycles. The van der Waals surface area contributed by atoms with Crippen LogP contribution in [-0.4, -0.2) is 67.3 Å². The Morgan fingerprint density at radius 2 is 1.76 bits per heavy atom. The Kier molecular flexibility index (Phi) is 12.4. The Bertz CT molecular complexity index is 1070. The molecule has 3 amide bonds. The molecule has 1 aliphatic heterocycles. The third-order valence-electron chi connectivity index (χ3n) is 7.35. The molecule has 0 saturated carbocycles. The van der Waals surface area contributed by atoms with Gasteiger partial charge in [-0.1, -0.05) is 39.6 Å². The number of rotatable bonds is 10. The topological polar surface area (TPSA) is 128 Å². The number of benzene rings is 1. The van der Waals surface area contributed by atoms with E-state index in [1.165, 1.54) is 13.2 Å². The lowest BCUT2D eigenvalue weighted by atomic mass is 9.84. The van der Waals surface area contributed by atoms with E-state index in [1.54, 1.807) is 44.7 Å². The Morgan fingerprint density at radius 3 is 2.29 bits per heavy atom. The molecule has 0 bridgehead atoms. The largest absolute Gasteiger partial charge is 0.493 e. The van der Waals surface area contributed by atoms with Crippen molar-refractivity contribution in [1.82, 2.24) is 15.5 Å². The SMILES string of the molecule is COC(=O)[C@@H](NC(=O)OC(C)(C)C)[C@@H](C)c1ccc(OCC[C@@H](C)C2CCN(C(=O)NC(=[N-])C(C)C)CC2)cc1F. The number of carbonyl (C=O) groups is 3. The van der Waals surface area contributed by atoms with Gasteiger partial charge in [0.25, 0.3) is 0 Å². The van der Waals surface area contributed by atoms with Crippen LogP contribution in [-0.2, 0) is 14.3 Å². The van der Waals surface area contributed by atoms with Gasteiger partial charge in [0.2, 0.25) is 6.03 Å². The third kappa shape index (κ3) is 10.5. The van der Waals surface area contributed by atoms with Gasteiger partial charge in [-0.3, -0.25) is 4.79 Å². The van der Waals surface area contributed by atoms with Crippen LogP contribution in [0.3, 0.4) is 0 Å². The lowest BCUT2D eigenvalue weighted by Gasteiger charge is -2.37. The zero-order chi connectivity index (χ0) is 30.9. The van der Waals surface area contributed by atoms with Crippen LogP contribution in [0.25, 0.3) is 5.41 Å². The van der Waals surface area contributed by atoms with Crippen molar-refractivity contribution in [2.24, 2.45) is 17.8 Å². The van der Waals surface area contributed by atoms with Gasteiger partial charge in [0.05, 0.1) is 13.7 Å². The zero-order valence-corrected chi connectivity index (χ0v) is 25.6. The molecule has 0 aromatic heterocycles. The van der Waals surface area contributed by atoms with E-state index in [-0.39, 0.29) is 23.3 Å². The summed E-state index contributed by atoms with van der Waals surface area (Å²) in [7, 11) is 1.20. The first-order valence-electron chi connectivity index (χ1n) is 14.2. The number of hydrogen-bond acceptors (Lipinski definition) is 6. The van der Waals surface area contributed by atoms with Gasteiger partial charge in [0, 0.05) is 25.1 Å². The van der Waals surface area contributed by atoms with Crippen LogP contribution in [0.1, 0.15) is 79.2 Å². The summed E-state index contributed by atoms with van der Waals surface area (Å²) in [5.41, 5.74) is -0.534. The molecule has 11 heteroatoms. The maximum Gasteiger partial charge on any atom is 0.408 e. The van der Waals surface area contributed by atoms with Crippen molar-refractivity contribution in [3.63, 3.8) is 0 Å². The van der Waals surface area contributed by atoms with E-state index in [0.29, 0.717) is 37.3 Å². The minimum atomic E-state index is -1.14. The molecule has 0 unspecified atom stereocenters. The lowest BCUT2D eigenvalue weighted by Crippen LogP contribution is -2.47. The quantitative estimate of drug-likeness (QED) is 0.216. The van der Waals surface area contributed by atoms with Crippen LogP contribution < -0.4 is 15.4 Å². The van der Waals surface area contributed by atoms with Gasteiger partial charge in [-0.15, -0.1) is 0 Å². The first-order valence-corrected chi connectivity index (χ1v) is 14.2. The molecule has 2 rings (SSSR count). The van der Waals surface area contributed by atoms with Gasteiger partial charge in [-0.05, 0) is 69.4 Å². The van der Waals surface area contributed by atoms with Gasteiger partial charge >= 0.3 is 12.1 Å². The van der Waals surface area contributed by atoms with Crippen LogP contribution in [0.4, 0.5) is 14.0 Å². The first-order chi connectivity index (χ1) is 19.1. The average Bonchev–Trinajstić information content (AvgIpc) is 2.90. The molecule has 0 radical (unpaired) electrons. The fourth-order valence-corrected chi connectivity index (χ4v) is 4.70. The van der Waals surface area contributed by atoms with Gasteiger partial charge in [0.15, 0.2) is 0 Å². The molecule has 0 spiro atoms. The fourth-order valence-electron chi connectivity index (χ4n) is 4.70. The van der Waals surface area contributed by atoms with Gasteiger partial charge in [-0.2, -0.15) is 0 Å². The predicted octanol–water partition coefficient (Wildman–Crippen LogP) is 5.45. The summed E-state index contributed by atoms with van der Waals surface area (Å²) in [4.78, 5) is 38.7. The van der Waals surface area contributed by atoms with Crippen LogP contribution in [0, 0.1) is 23.6 Å². The monoisotopic (exact) mass is 577 g/mol. The molecular weight excluding hydrogens is 531 g/mol. The smallest absolute Gasteiger partial charge is 0.408 e. The highest BCUT2D eigenvalue weighted by Gasteiger charge is 2.32. The molecule has 0 aliphatic carbocycles. The number of hydrogen-bond donors (Lipinski definition) is 2. The van der Waals surface area contributed by atoms with Gasteiger partial charge in [0.1, 0.15) is 23.2 Å². The van der Waals surface area contributed by atoms with E-state index >= 15 is 4.39 Å². The van der Waals surface area contributed by atoms with E-state index in [1.807, 2.05) is 13.8 Å². The average molecular weight is 578 g/mol. The van der Waals surface area contributed by atoms with Crippen LogP contribution in [0.2, 0.25) is 0 Å². The Morgan fingerprint density at radius 1 is 1.12 bits per heavy atom. The van der Waals surface area contributed by atoms with E-state index in [4.69, 9.17) is 14.2 Å². The molecule has 3 atom stereocenters. The number of piperidine rings is 1. The summed E-state index contributed by atoms with van der Waals surface area (Å²) in [6.45, 7) is 14.1. The second-order valence-corrected chi connectivity index (χ2v) is 12.0. The number of methoxy groups -OCH3 is 1. The van der Waals surface area contributed by atoms with Gasteiger partial charge < -0.3 is 35.2 Å². The molecule has 1 aromatic rings. The number of amidine groups is 1. The minimum absolute atomic E-state index is 0.0256. The number of halogens is 1. The molecule has 230 valence electrons. The highest BCUT2D eigenvalue weighted by molar-refractivity contribution is 6.00. The first kappa shape index (κ1) is 33.8. The highest BCUT2D eigenvalue weighted by atomic mass is 19.1. The summed E-state index contributed by atoms with van der Waals surface area (Å²) in [5, 5.41) is 14.9. The molecule has 1 fully saturated rings. The predicted molar refractivity (Wildman–Crippen MR) is 155 cm³/mol. The zero-order valence-electron chi connectivity index (χ0n) is 25.6. The Labute approximate surface area is 243 Å². The summed E-state index contributed by atoms with van der Waals surface area (Å²) < 4.78 is 31.0. The maximum absolute atomic E-state index is 15.1. The Balaban J connectivity index is 1.89. The fraction of sp³-hybridized carbons (Fsp3) is 0.667. The third-order valence-corrected chi connectivity index (χ3v) is 7.35. The maximum atomic E-state index is 15.1. The number of esters is 1. The molecule has 2 N–H and O–H groups in total. The summed E-state index contributed by atoms with van der Waals surface area (Å²) in [6, 6.07) is 3.04. The number of ether oxygens (including phenoxy) is 3. The highest BCUT2D eigenvalue weighted by Crippen LogP contribution is 2.29. The summed E-state index contributed by atoms with van der Waals surface area (Å²) in [5.74, 6) is -1.02. The molecular formula is C30H46FN4O6-. The standard InChI is InChI=1S/C30H46FN4O6/c1-18(2)26(32)34-28(37)35-14-11-21(12-15-35)19(3)13-16-40-22-9-10-23(24(31)17-22)20(4)25(27(36)39-8)33-29(38)41-30(5,6)7/h9-10,17-21,25H,11-16H2,1-8H3,(H2-,32,33,34,37,38)/q-1/t19-,20+,25+/m1/s1. The van der Waals surface area contributed by atoms with Crippen molar-refractivity contribution >= 4 is 23.9 Å². The number of likely N-dealkylation sites (tertiary alicyclic amines) is 1. The second kappa shape index (κ2) is 15.0. The van der Waals surface area contributed by atoms with E-state index in [0.717, 1.165) is 19.3 Å². The van der Waals surface area contributed by atoms with Crippen molar-refractivity contribution < 1.29 is 33.0 Å². The normalized spacial score (nSPS) is 16.4. The van der Waals surface area contributed by atoms with Gasteiger partial charge in [-0.25, -0.2) is 14.0 Å². The van der Waals surface area contributed by atoms with Crippen molar-refractivity contribution in [2.45, 2.75) is 85.3 Å². The lowest BCUT2D eigenvalue weighted by molar-refractivity contribution is -0.143. The van der Waals surface area contributed by atoms with Crippen LogP contribution in [0.5, 0.6) is 5.75 Å². The number of amides is 3. The number of nitrogens with one attached hydrogen (secondary N) is 2. The van der Waals surface area contributed by atoms with Crippen molar-refractivity contribution in [3.05, 3.63) is 35.0 Å². The van der Waals surface area contributed by atoms with Crippen molar-refractivity contribution in [1.29, 1.82) is 0 Å². The summed E-state index contributed by atoms with van der Waals surface area (Å²) in [6.07, 6.45) is 1.68. The number of urea groups is 1. The second-order valence-electron chi connectivity index (χ2n) is 12.0. The van der Waals surface area contributed by atoms with Crippen LogP contribution >= 0.6 is 0 Å². The number of carbonyl (C=O) groups excluding carboxylic acids is 3. The molecule has 41 heavy (non-hydrogen) atoms. The van der Waals surface area contributed by atoms with Crippen molar-refractivity contribution in [2.75, 3.05) is 26.8 Å². The van der Waals surface area contributed by atoms with E-state index in [2.05, 4.69) is 17.6 Å². The summed E-state index contributed by atoms with van der Waals surface area (Å²) >= 11 is 0. The van der Waals surface area contributed by atoms with Crippen molar-refractivity contribution in [3.8, 4) is 5.75 Å². The van der Waals surface area contributed by atoms with Crippen LogP contribution in [0.15, 0.2) is 18.2 Å². The minimum Gasteiger partial charge on any atom is -0.493 e. The molecule has 1 saturated heterocycles. The molecule has 10 nitrogen and oxygen atoms in total. The molecule has 1 aliphatic rings. The number of alkyl carbamates (subject to hydrolysis) is 1. The molecule has 1 aromatic carbocycles. The van der Waals surface area contributed by atoms with E-state index in [9.17, 15) is 19.8 Å².